The average Bonchev–Trinajstić information content (AvgIpc) is 2.91. The minimum Gasteiger partial charge on any atom is -0.493 e. The van der Waals surface area contributed by atoms with Gasteiger partial charge in [-0.05, 0) is 32.0 Å². The first-order chi connectivity index (χ1) is 11.6. The van der Waals surface area contributed by atoms with Crippen molar-refractivity contribution in [2.24, 2.45) is 0 Å². The van der Waals surface area contributed by atoms with Crippen LogP contribution in [0.3, 0.4) is 0 Å². The smallest absolute Gasteiger partial charge is 0.251 e. The van der Waals surface area contributed by atoms with Gasteiger partial charge in [-0.1, -0.05) is 5.16 Å². The summed E-state index contributed by atoms with van der Waals surface area (Å²) in [6.07, 6.45) is 0. The summed E-state index contributed by atoms with van der Waals surface area (Å²) in [7, 11) is 3.12. The molecule has 0 radical (unpaired) electrons. The fourth-order valence-electron chi connectivity index (χ4n) is 2.15. The summed E-state index contributed by atoms with van der Waals surface area (Å²) in [6, 6.07) is 5.04. The first kappa shape index (κ1) is 17.8. The van der Waals surface area contributed by atoms with E-state index in [2.05, 4.69) is 10.5 Å². The van der Waals surface area contributed by atoms with Gasteiger partial charge in [0.1, 0.15) is 12.4 Å². The van der Waals surface area contributed by atoms with Crippen LogP contribution in [-0.2, 0) is 11.3 Å². The summed E-state index contributed by atoms with van der Waals surface area (Å²) in [6.45, 7) is 4.92. The molecule has 0 fully saturated rings. The van der Waals surface area contributed by atoms with E-state index >= 15 is 0 Å². The quantitative estimate of drug-likeness (QED) is 0.746. The second-order valence-electron chi connectivity index (χ2n) is 5.21. The predicted molar refractivity (Wildman–Crippen MR) is 87.5 cm³/mol. The largest absolute Gasteiger partial charge is 0.493 e. The third-order valence-electron chi connectivity index (χ3n) is 3.57. The lowest BCUT2D eigenvalue weighted by Gasteiger charge is -2.12. The van der Waals surface area contributed by atoms with Crippen molar-refractivity contribution in [3.05, 3.63) is 40.8 Å². The molecule has 0 saturated carbocycles. The van der Waals surface area contributed by atoms with E-state index in [4.69, 9.17) is 18.7 Å². The number of hydrogen-bond acceptors (Lipinski definition) is 6. The molecule has 24 heavy (non-hydrogen) atoms. The maximum Gasteiger partial charge on any atom is 0.251 e. The van der Waals surface area contributed by atoms with Crippen LogP contribution in [0, 0.1) is 13.8 Å². The molecule has 1 aromatic carbocycles. The van der Waals surface area contributed by atoms with Crippen molar-refractivity contribution in [1.29, 1.82) is 0 Å². The van der Waals surface area contributed by atoms with Crippen LogP contribution in [0.2, 0.25) is 0 Å². The van der Waals surface area contributed by atoms with Gasteiger partial charge in [0.2, 0.25) is 0 Å². The molecule has 1 amide bonds. The van der Waals surface area contributed by atoms with Gasteiger partial charge >= 0.3 is 0 Å². The van der Waals surface area contributed by atoms with Crippen LogP contribution in [-0.4, -0.2) is 38.4 Å². The number of methoxy groups -OCH3 is 2. The summed E-state index contributed by atoms with van der Waals surface area (Å²) in [5.41, 5.74) is 2.19. The molecule has 0 atom stereocenters. The second-order valence-corrected chi connectivity index (χ2v) is 5.21. The molecule has 0 bridgehead atoms. The minimum atomic E-state index is -0.192. The van der Waals surface area contributed by atoms with Crippen LogP contribution < -0.4 is 14.8 Å². The van der Waals surface area contributed by atoms with Gasteiger partial charge in [-0.15, -0.1) is 0 Å². The van der Waals surface area contributed by atoms with E-state index in [9.17, 15) is 4.79 Å². The van der Waals surface area contributed by atoms with E-state index in [0.29, 0.717) is 36.8 Å². The number of ether oxygens (including phenoxy) is 3. The number of rotatable bonds is 8. The highest BCUT2D eigenvalue weighted by Crippen LogP contribution is 2.29. The molecule has 0 saturated heterocycles. The van der Waals surface area contributed by atoms with Crippen LogP contribution in [0.25, 0.3) is 0 Å². The average molecular weight is 334 g/mol. The van der Waals surface area contributed by atoms with Crippen molar-refractivity contribution >= 4 is 5.91 Å². The zero-order chi connectivity index (χ0) is 17.5. The van der Waals surface area contributed by atoms with Crippen molar-refractivity contribution in [2.75, 3.05) is 27.4 Å². The van der Waals surface area contributed by atoms with Gasteiger partial charge in [0, 0.05) is 19.2 Å². The molecule has 0 aliphatic rings. The van der Waals surface area contributed by atoms with Gasteiger partial charge in [-0.25, -0.2) is 0 Å². The summed E-state index contributed by atoms with van der Waals surface area (Å²) in [5.74, 6) is 1.57. The van der Waals surface area contributed by atoms with Gasteiger partial charge in [-0.3, -0.25) is 4.79 Å². The van der Waals surface area contributed by atoms with Gasteiger partial charge in [0.25, 0.3) is 5.91 Å². The Morgan fingerprint density at radius 2 is 2.04 bits per heavy atom. The van der Waals surface area contributed by atoms with Gasteiger partial charge in [0.05, 0.1) is 25.0 Å². The molecule has 1 aromatic heterocycles. The Hall–Kier alpha value is -2.54. The van der Waals surface area contributed by atoms with Crippen LogP contribution >= 0.6 is 0 Å². The number of nitrogens with one attached hydrogen (secondary N) is 1. The number of hydrogen-bond donors (Lipinski definition) is 1. The Morgan fingerprint density at radius 3 is 2.67 bits per heavy atom. The van der Waals surface area contributed by atoms with Gasteiger partial charge in [0.15, 0.2) is 11.5 Å². The summed E-state index contributed by atoms with van der Waals surface area (Å²) in [4.78, 5) is 12.0. The molecular formula is C17H22N2O5. The maximum atomic E-state index is 12.0. The minimum absolute atomic E-state index is 0.192. The van der Waals surface area contributed by atoms with E-state index in [-0.39, 0.29) is 5.91 Å². The standard InChI is InChI=1S/C17H22N2O5/c1-11-14(12(2)24-19-11)10-23-15-6-5-13(9-16(15)22-4)17(20)18-7-8-21-3/h5-6,9H,7-8,10H2,1-4H3,(H,18,20). The van der Waals surface area contributed by atoms with Crippen LogP contribution in [0.15, 0.2) is 22.7 Å². The van der Waals surface area contributed by atoms with Crippen LogP contribution in [0.5, 0.6) is 11.5 Å². The Kier molecular flexibility index (Phi) is 6.20. The maximum absolute atomic E-state index is 12.0. The molecule has 0 aliphatic heterocycles. The SMILES string of the molecule is COCCNC(=O)c1ccc(OCc2c(C)noc2C)c(OC)c1. The van der Waals surface area contributed by atoms with Crippen molar-refractivity contribution in [3.8, 4) is 11.5 Å². The van der Waals surface area contributed by atoms with Crippen molar-refractivity contribution < 1.29 is 23.5 Å². The fourth-order valence-corrected chi connectivity index (χ4v) is 2.15. The molecule has 1 N–H and O–H groups in total. The Balaban J connectivity index is 2.07. The van der Waals surface area contributed by atoms with Crippen LogP contribution in [0.4, 0.5) is 0 Å². The van der Waals surface area contributed by atoms with Crippen molar-refractivity contribution in [3.63, 3.8) is 0 Å². The highest BCUT2D eigenvalue weighted by molar-refractivity contribution is 5.94. The number of carbonyl (C=O) groups is 1. The third kappa shape index (κ3) is 4.26. The predicted octanol–water partition coefficient (Wildman–Crippen LogP) is 2.26. The van der Waals surface area contributed by atoms with Gasteiger partial charge in [-0.2, -0.15) is 0 Å². The van der Waals surface area contributed by atoms with E-state index in [1.165, 1.54) is 7.11 Å². The molecule has 7 nitrogen and oxygen atoms in total. The van der Waals surface area contributed by atoms with E-state index < -0.39 is 0 Å². The lowest BCUT2D eigenvalue weighted by atomic mass is 10.2. The van der Waals surface area contributed by atoms with E-state index in [1.807, 2.05) is 13.8 Å². The molecule has 2 rings (SSSR count). The molecule has 7 heteroatoms. The first-order valence-electron chi connectivity index (χ1n) is 7.56. The third-order valence-corrected chi connectivity index (χ3v) is 3.57. The Bertz CT molecular complexity index is 677. The van der Waals surface area contributed by atoms with E-state index in [0.717, 1.165) is 17.0 Å². The number of carbonyl (C=O) groups excluding carboxylic acids is 1. The number of aromatic nitrogens is 1. The molecule has 1 heterocycles. The molecule has 0 unspecified atom stereocenters. The number of benzene rings is 1. The molecule has 0 aliphatic carbocycles. The van der Waals surface area contributed by atoms with Gasteiger partial charge < -0.3 is 24.1 Å². The highest BCUT2D eigenvalue weighted by Gasteiger charge is 2.14. The van der Waals surface area contributed by atoms with Crippen molar-refractivity contribution in [1.82, 2.24) is 10.5 Å². The zero-order valence-electron chi connectivity index (χ0n) is 14.3. The Morgan fingerprint density at radius 1 is 1.25 bits per heavy atom. The second kappa shape index (κ2) is 8.35. The number of amides is 1. The lowest BCUT2D eigenvalue weighted by molar-refractivity contribution is 0.0936. The fraction of sp³-hybridized carbons (Fsp3) is 0.412. The Labute approximate surface area is 140 Å². The normalized spacial score (nSPS) is 10.5. The molecule has 130 valence electrons. The van der Waals surface area contributed by atoms with Crippen LogP contribution in [0.1, 0.15) is 27.4 Å². The summed E-state index contributed by atoms with van der Waals surface area (Å²) >= 11 is 0. The first-order valence-corrected chi connectivity index (χ1v) is 7.56. The monoisotopic (exact) mass is 334 g/mol. The number of aryl methyl sites for hydroxylation is 2. The number of nitrogens with zero attached hydrogens (tertiary/aromatic N) is 1. The lowest BCUT2D eigenvalue weighted by Crippen LogP contribution is -2.26. The van der Waals surface area contributed by atoms with E-state index in [1.54, 1.807) is 25.3 Å². The summed E-state index contributed by atoms with van der Waals surface area (Å²) in [5, 5.41) is 6.65. The highest BCUT2D eigenvalue weighted by atomic mass is 16.5. The summed E-state index contributed by atoms with van der Waals surface area (Å²) < 4.78 is 21.1. The molecular weight excluding hydrogens is 312 g/mol. The molecule has 2 aromatic rings. The topological polar surface area (TPSA) is 82.8 Å². The van der Waals surface area contributed by atoms with Crippen molar-refractivity contribution in [2.45, 2.75) is 20.5 Å². The zero-order valence-corrected chi connectivity index (χ0v) is 14.3. The molecule has 0 spiro atoms.